The van der Waals surface area contributed by atoms with Crippen molar-refractivity contribution in [3.8, 4) is 0 Å². The molecule has 0 aromatic rings. The number of allylic oxidation sites excluding steroid dienone is 5. The third-order valence-electron chi connectivity index (χ3n) is 10.2. The first-order chi connectivity index (χ1) is 28.3. The lowest BCUT2D eigenvalue weighted by molar-refractivity contribution is -0.161. The predicted octanol–water partition coefficient (Wildman–Crippen LogP) is 8.20. The van der Waals surface area contributed by atoms with Gasteiger partial charge in [-0.2, -0.15) is 0 Å². The van der Waals surface area contributed by atoms with Crippen LogP contribution in [-0.2, 0) is 42.3 Å². The quantitative estimate of drug-likeness (QED) is 0.0172. The minimum Gasteiger partial charge on any atom is -0.480 e. The molecule has 0 aromatic heterocycles. The van der Waals surface area contributed by atoms with Crippen molar-refractivity contribution in [3.63, 3.8) is 0 Å². The SMILES string of the molecule is CCCCCC/C=C\CCCCCCCCCC(=O)OC[C@H](COP(=O)(O)OC[C@H](N)C(=O)O)OC(=O)CCC/C=C\C[C@H]1[C@@H](O)CC(=O)[C@@H]1/C=C/[C@@H](O)CCCCC. The number of nitrogens with two attached hydrogens (primary N) is 1. The number of rotatable bonds is 37. The highest BCUT2D eigenvalue weighted by Crippen LogP contribution is 2.43. The lowest BCUT2D eigenvalue weighted by atomic mass is 9.90. The maximum atomic E-state index is 12.7. The van der Waals surface area contributed by atoms with Gasteiger partial charge in [-0.15, -0.1) is 0 Å². The highest BCUT2D eigenvalue weighted by atomic mass is 31.2. The third kappa shape index (κ3) is 28.4. The molecule has 0 spiro atoms. The summed E-state index contributed by atoms with van der Waals surface area (Å²) in [5, 5.41) is 29.6. The van der Waals surface area contributed by atoms with Crippen LogP contribution < -0.4 is 5.73 Å². The summed E-state index contributed by atoms with van der Waals surface area (Å²) in [7, 11) is -4.79. The Morgan fingerprint density at radius 1 is 0.780 bits per heavy atom. The van der Waals surface area contributed by atoms with Gasteiger partial charge in [-0.3, -0.25) is 28.2 Å². The Morgan fingerprint density at radius 2 is 1.34 bits per heavy atom. The Bertz CT molecular complexity index is 1310. The maximum absolute atomic E-state index is 12.7. The molecule has 0 aromatic carbocycles. The second-order valence-electron chi connectivity index (χ2n) is 15.6. The summed E-state index contributed by atoms with van der Waals surface area (Å²) in [5.41, 5.74) is 5.33. The summed E-state index contributed by atoms with van der Waals surface area (Å²) in [6, 6.07) is -1.57. The van der Waals surface area contributed by atoms with Crippen molar-refractivity contribution in [3.05, 3.63) is 36.5 Å². The molecule has 15 heteroatoms. The van der Waals surface area contributed by atoms with Crippen LogP contribution in [0.4, 0.5) is 0 Å². The molecule has 0 aliphatic heterocycles. The van der Waals surface area contributed by atoms with Crippen molar-refractivity contribution in [1.82, 2.24) is 0 Å². The number of esters is 2. The lowest BCUT2D eigenvalue weighted by Gasteiger charge is -2.20. The number of phosphoric ester groups is 1. The van der Waals surface area contributed by atoms with E-state index in [0.717, 1.165) is 51.4 Å². The van der Waals surface area contributed by atoms with Crippen molar-refractivity contribution in [2.24, 2.45) is 17.6 Å². The Labute approximate surface area is 353 Å². The molecular weight excluding hydrogens is 781 g/mol. The number of carbonyl (C=O) groups is 4. The van der Waals surface area contributed by atoms with E-state index >= 15 is 0 Å². The van der Waals surface area contributed by atoms with Gasteiger partial charge in [0.2, 0.25) is 0 Å². The highest BCUT2D eigenvalue weighted by molar-refractivity contribution is 7.47. The summed E-state index contributed by atoms with van der Waals surface area (Å²) < 4.78 is 32.6. The van der Waals surface area contributed by atoms with Gasteiger partial charge in [-0.25, -0.2) is 4.57 Å². The fraction of sp³-hybridized carbons (Fsp3) is 0.773. The number of ketones is 1. The number of Topliss-reactive ketones (excluding diaryl/α,β-unsaturated/α-hetero) is 1. The number of phosphoric acid groups is 1. The van der Waals surface area contributed by atoms with Crippen LogP contribution in [0.2, 0.25) is 0 Å². The van der Waals surface area contributed by atoms with Crippen LogP contribution in [-0.4, -0.2) is 88.1 Å². The van der Waals surface area contributed by atoms with E-state index in [4.69, 9.17) is 24.8 Å². The van der Waals surface area contributed by atoms with E-state index in [0.29, 0.717) is 32.1 Å². The van der Waals surface area contributed by atoms with Gasteiger partial charge in [-0.05, 0) is 57.8 Å². The number of hydrogen-bond donors (Lipinski definition) is 5. The van der Waals surface area contributed by atoms with Gasteiger partial charge >= 0.3 is 25.7 Å². The molecule has 0 radical (unpaired) electrons. The summed E-state index contributed by atoms with van der Waals surface area (Å²) in [4.78, 5) is 58.7. The maximum Gasteiger partial charge on any atom is 0.472 e. The summed E-state index contributed by atoms with van der Waals surface area (Å²) in [6.07, 6.45) is 28.6. The van der Waals surface area contributed by atoms with E-state index in [1.165, 1.54) is 44.9 Å². The molecule has 1 aliphatic carbocycles. The molecule has 0 amide bonds. The van der Waals surface area contributed by atoms with Crippen LogP contribution in [0.1, 0.15) is 162 Å². The number of unbranched alkanes of at least 4 members (excludes halogenated alkanes) is 14. The zero-order valence-electron chi connectivity index (χ0n) is 35.8. The first-order valence-electron chi connectivity index (χ1n) is 22.1. The zero-order chi connectivity index (χ0) is 43.7. The standard InChI is InChI=1S/C44H76NO13P/c1-3-5-7-8-9-10-11-12-13-14-15-16-17-18-23-27-42(49)55-32-36(33-56-59(53,54)57-34-39(45)44(51)52)58-43(50)28-24-20-19-22-26-37-38(41(48)31-40(37)47)30-29-35(46)25-21-6-4-2/h10-11,19,22,29-30,35-40,46-47H,3-9,12-18,20-21,23-28,31-34,45H2,1-2H3,(H,51,52)(H,53,54)/b11-10-,22-19-,30-29+/t35-,36+,37+,38+,39-,40-/m0/s1. The molecule has 0 heterocycles. The van der Waals surface area contributed by atoms with Crippen molar-refractivity contribution in [1.29, 1.82) is 0 Å². The topological polar surface area (TPSA) is 229 Å². The van der Waals surface area contributed by atoms with Crippen LogP contribution in [0, 0.1) is 11.8 Å². The van der Waals surface area contributed by atoms with E-state index in [1.807, 2.05) is 12.2 Å². The van der Waals surface area contributed by atoms with E-state index in [9.17, 15) is 38.8 Å². The number of ether oxygens (including phenoxy) is 2. The van der Waals surface area contributed by atoms with E-state index in [-0.39, 0.29) is 31.0 Å². The normalized spacial score (nSPS) is 19.7. The molecule has 7 atom stereocenters. The van der Waals surface area contributed by atoms with Gasteiger partial charge in [-0.1, -0.05) is 121 Å². The molecule has 14 nitrogen and oxygen atoms in total. The van der Waals surface area contributed by atoms with Crippen LogP contribution in [0.15, 0.2) is 36.5 Å². The minimum atomic E-state index is -4.79. The summed E-state index contributed by atoms with van der Waals surface area (Å²) >= 11 is 0. The van der Waals surface area contributed by atoms with E-state index < -0.39 is 75.8 Å². The van der Waals surface area contributed by atoms with Crippen LogP contribution in [0.25, 0.3) is 0 Å². The van der Waals surface area contributed by atoms with Gasteiger partial charge in [0, 0.05) is 31.1 Å². The Hall–Kier alpha value is -2.71. The number of hydrogen-bond acceptors (Lipinski definition) is 12. The molecule has 1 saturated carbocycles. The molecule has 340 valence electrons. The fourth-order valence-electron chi connectivity index (χ4n) is 6.63. The molecule has 0 bridgehead atoms. The lowest BCUT2D eigenvalue weighted by Crippen LogP contribution is -2.34. The van der Waals surface area contributed by atoms with Gasteiger partial charge < -0.3 is 35.4 Å². The first-order valence-corrected chi connectivity index (χ1v) is 23.6. The predicted molar refractivity (Wildman–Crippen MR) is 227 cm³/mol. The van der Waals surface area contributed by atoms with Crippen molar-refractivity contribution in [2.75, 3.05) is 19.8 Å². The molecule has 1 fully saturated rings. The van der Waals surface area contributed by atoms with Gasteiger partial charge in [0.25, 0.3) is 0 Å². The average Bonchev–Trinajstić information content (AvgIpc) is 3.47. The fourth-order valence-corrected chi connectivity index (χ4v) is 7.41. The second kappa shape index (κ2) is 33.9. The van der Waals surface area contributed by atoms with E-state index in [1.54, 1.807) is 12.2 Å². The molecule has 59 heavy (non-hydrogen) atoms. The number of aliphatic hydroxyl groups is 2. The average molecular weight is 858 g/mol. The molecule has 1 rings (SSSR count). The first kappa shape index (κ1) is 54.3. The Kier molecular flexibility index (Phi) is 31.2. The van der Waals surface area contributed by atoms with Crippen LogP contribution in [0.3, 0.4) is 0 Å². The summed E-state index contributed by atoms with van der Waals surface area (Å²) in [6.45, 7) is 2.40. The van der Waals surface area contributed by atoms with Gasteiger partial charge in [0.05, 0.1) is 25.4 Å². The van der Waals surface area contributed by atoms with Gasteiger partial charge in [0.1, 0.15) is 18.4 Å². The number of carbonyl (C=O) groups excluding carboxylic acids is 3. The van der Waals surface area contributed by atoms with Gasteiger partial charge in [0.15, 0.2) is 6.10 Å². The molecule has 1 aliphatic rings. The number of aliphatic hydroxyl groups excluding tert-OH is 2. The Balaban J connectivity index is 2.52. The summed E-state index contributed by atoms with van der Waals surface area (Å²) in [5.74, 6) is -3.46. The number of carboxylic acids is 1. The smallest absolute Gasteiger partial charge is 0.472 e. The van der Waals surface area contributed by atoms with Crippen LogP contribution in [0.5, 0.6) is 0 Å². The minimum absolute atomic E-state index is 0.0306. The van der Waals surface area contributed by atoms with Crippen molar-refractivity contribution in [2.45, 2.75) is 186 Å². The molecule has 6 N–H and O–H groups in total. The third-order valence-corrected chi connectivity index (χ3v) is 11.2. The zero-order valence-corrected chi connectivity index (χ0v) is 36.7. The monoisotopic (exact) mass is 858 g/mol. The number of aliphatic carboxylic acids is 1. The molecule has 0 saturated heterocycles. The molecule has 1 unspecified atom stereocenters. The highest BCUT2D eigenvalue weighted by Gasteiger charge is 2.39. The van der Waals surface area contributed by atoms with E-state index in [2.05, 4.69) is 30.5 Å². The van der Waals surface area contributed by atoms with Crippen molar-refractivity contribution >= 4 is 31.5 Å². The second-order valence-corrected chi connectivity index (χ2v) is 17.1. The Morgan fingerprint density at radius 3 is 2.00 bits per heavy atom. The molecular formula is C44H76NO13P. The van der Waals surface area contributed by atoms with Crippen molar-refractivity contribution < 1.29 is 62.5 Å². The largest absolute Gasteiger partial charge is 0.480 e. The van der Waals surface area contributed by atoms with Crippen LogP contribution >= 0.6 is 7.82 Å². The number of carboxylic acid groups (broad SMARTS) is 1.